The summed E-state index contributed by atoms with van der Waals surface area (Å²) in [5, 5.41) is 13.3. The van der Waals surface area contributed by atoms with Crippen LogP contribution in [-0.4, -0.2) is 60.6 Å². The van der Waals surface area contributed by atoms with Crippen LogP contribution >= 0.6 is 0 Å². The van der Waals surface area contributed by atoms with E-state index in [9.17, 15) is 22.7 Å². The van der Waals surface area contributed by atoms with Crippen LogP contribution in [-0.2, 0) is 10.9 Å². The molecule has 0 spiro atoms. The zero-order valence-electron chi connectivity index (χ0n) is 17.8. The second-order valence-corrected chi connectivity index (χ2v) is 7.80. The van der Waals surface area contributed by atoms with Gasteiger partial charge in [-0.15, -0.1) is 0 Å². The molecule has 0 bridgehead atoms. The fourth-order valence-corrected chi connectivity index (χ4v) is 3.79. The first-order valence-corrected chi connectivity index (χ1v) is 10.6. The summed E-state index contributed by atoms with van der Waals surface area (Å²) in [5.74, 6) is -0.742. The van der Waals surface area contributed by atoms with Crippen molar-refractivity contribution in [3.8, 4) is 5.88 Å². The van der Waals surface area contributed by atoms with E-state index in [1.165, 1.54) is 36.5 Å². The molecule has 3 N–H and O–H groups in total. The number of H-pyrrole nitrogens is 1. The summed E-state index contributed by atoms with van der Waals surface area (Å²) < 4.78 is 59.8. The number of alkyl halides is 3. The summed E-state index contributed by atoms with van der Waals surface area (Å²) in [7, 11) is 0. The van der Waals surface area contributed by atoms with Crippen LogP contribution in [0.3, 0.4) is 0 Å². The third-order valence-corrected chi connectivity index (χ3v) is 5.50. The lowest BCUT2D eigenvalue weighted by molar-refractivity contribution is -0.136. The Morgan fingerprint density at radius 2 is 1.94 bits per heavy atom. The zero-order valence-corrected chi connectivity index (χ0v) is 17.8. The van der Waals surface area contributed by atoms with Crippen LogP contribution < -0.4 is 5.32 Å². The van der Waals surface area contributed by atoms with Crippen LogP contribution in [0.15, 0.2) is 41.4 Å². The number of hydrogen-bond acceptors (Lipinski definition) is 5. The Kier molecular flexibility index (Phi) is 6.85. The number of anilines is 1. The lowest BCUT2D eigenvalue weighted by atomic mass is 10.1. The minimum atomic E-state index is -4.57. The van der Waals surface area contributed by atoms with Crippen molar-refractivity contribution in [1.82, 2.24) is 9.88 Å². The first-order chi connectivity index (χ1) is 15.8. The molecule has 1 fully saturated rings. The van der Waals surface area contributed by atoms with E-state index in [4.69, 9.17) is 4.74 Å². The number of rotatable bonds is 7. The van der Waals surface area contributed by atoms with E-state index in [0.29, 0.717) is 37.1 Å². The average Bonchev–Trinajstić information content (AvgIpc) is 3.10. The number of ether oxygens (including phenoxy) is 1. The third kappa shape index (κ3) is 5.63. The maximum atomic E-state index is 13.7. The number of fused-ring (bicyclic) bond motifs is 1. The van der Waals surface area contributed by atoms with Crippen molar-refractivity contribution in [2.75, 3.05) is 44.7 Å². The highest BCUT2D eigenvalue weighted by Crippen LogP contribution is 2.37. The van der Waals surface area contributed by atoms with Gasteiger partial charge in [-0.1, -0.05) is 0 Å². The molecule has 33 heavy (non-hydrogen) atoms. The van der Waals surface area contributed by atoms with E-state index in [1.54, 1.807) is 0 Å². The molecule has 6 nitrogen and oxygen atoms in total. The van der Waals surface area contributed by atoms with Crippen LogP contribution in [0.2, 0.25) is 0 Å². The van der Waals surface area contributed by atoms with Crippen molar-refractivity contribution in [1.29, 1.82) is 0 Å². The fraction of sp³-hybridized carbons (Fsp3) is 0.348. The van der Waals surface area contributed by atoms with Gasteiger partial charge < -0.3 is 20.1 Å². The van der Waals surface area contributed by atoms with Gasteiger partial charge in [-0.2, -0.15) is 13.2 Å². The van der Waals surface area contributed by atoms with Gasteiger partial charge in [0.15, 0.2) is 5.88 Å². The Labute approximate surface area is 187 Å². The summed E-state index contributed by atoms with van der Waals surface area (Å²) in [6.45, 7) is 4.21. The molecule has 0 unspecified atom stereocenters. The highest BCUT2D eigenvalue weighted by atomic mass is 19.4. The predicted octanol–water partition coefficient (Wildman–Crippen LogP) is 4.92. The molecule has 0 aliphatic carbocycles. The van der Waals surface area contributed by atoms with Crippen LogP contribution in [0.25, 0.3) is 10.9 Å². The van der Waals surface area contributed by atoms with Crippen LogP contribution in [0.1, 0.15) is 17.5 Å². The first-order valence-electron chi connectivity index (χ1n) is 10.6. The molecule has 3 aromatic rings. The average molecular weight is 464 g/mol. The lowest BCUT2D eigenvalue weighted by Crippen LogP contribution is -2.37. The monoisotopic (exact) mass is 464 g/mol. The highest BCUT2D eigenvalue weighted by Gasteiger charge is 2.33. The molecular weight excluding hydrogens is 440 g/mol. The number of aromatic nitrogens is 1. The number of nitrogens with zero attached hydrogens (tertiary/aromatic N) is 2. The number of benzene rings is 2. The molecule has 0 saturated carbocycles. The minimum absolute atomic E-state index is 0.0135. The van der Waals surface area contributed by atoms with Gasteiger partial charge in [0.1, 0.15) is 5.82 Å². The number of halogens is 4. The normalized spacial score (nSPS) is 15.5. The van der Waals surface area contributed by atoms with Crippen LogP contribution in [0.5, 0.6) is 5.88 Å². The van der Waals surface area contributed by atoms with Crippen molar-refractivity contribution in [3.63, 3.8) is 0 Å². The summed E-state index contributed by atoms with van der Waals surface area (Å²) in [5.41, 5.74) is -0.0872. The van der Waals surface area contributed by atoms with Gasteiger partial charge in [0.25, 0.3) is 0 Å². The number of nitrogens with one attached hydrogen (secondary N) is 2. The number of aliphatic imine (C=N–C) groups is 1. The largest absolute Gasteiger partial charge is 0.494 e. The summed E-state index contributed by atoms with van der Waals surface area (Å²) >= 11 is 0. The molecule has 176 valence electrons. The molecule has 0 radical (unpaired) electrons. The smallest absolute Gasteiger partial charge is 0.418 e. The first kappa shape index (κ1) is 23.1. The van der Waals surface area contributed by atoms with E-state index in [1.807, 2.05) is 0 Å². The van der Waals surface area contributed by atoms with E-state index >= 15 is 0 Å². The van der Waals surface area contributed by atoms with Gasteiger partial charge in [0.05, 0.1) is 30.0 Å². The van der Waals surface area contributed by atoms with E-state index in [-0.39, 0.29) is 22.8 Å². The predicted molar refractivity (Wildman–Crippen MR) is 119 cm³/mol. The third-order valence-electron chi connectivity index (χ3n) is 5.50. The zero-order chi connectivity index (χ0) is 23.4. The van der Waals surface area contributed by atoms with E-state index < -0.39 is 17.6 Å². The molecule has 1 aromatic heterocycles. The Balaban J connectivity index is 1.48. The molecule has 0 atom stereocenters. The molecule has 2 aromatic carbocycles. The Morgan fingerprint density at radius 3 is 2.70 bits per heavy atom. The van der Waals surface area contributed by atoms with Crippen molar-refractivity contribution < 1.29 is 27.4 Å². The minimum Gasteiger partial charge on any atom is -0.494 e. The molecule has 0 amide bonds. The van der Waals surface area contributed by atoms with Gasteiger partial charge in [-0.3, -0.25) is 9.89 Å². The molecule has 2 heterocycles. The SMILES string of the molecule is Oc1[nH]c2ccc(F)cc2c1C=Nc1ccc(NCCCN2CCOCC2)c(C(F)(F)F)c1. The van der Waals surface area contributed by atoms with E-state index in [0.717, 1.165) is 25.7 Å². The number of morpholine rings is 1. The Bertz CT molecular complexity index is 1140. The number of hydrogen-bond donors (Lipinski definition) is 3. The van der Waals surface area contributed by atoms with Gasteiger partial charge in [0, 0.05) is 42.4 Å². The summed E-state index contributed by atoms with van der Waals surface area (Å²) in [6.07, 6.45) is -2.64. The number of aromatic amines is 1. The van der Waals surface area contributed by atoms with Crippen molar-refractivity contribution in [2.24, 2.45) is 4.99 Å². The highest BCUT2D eigenvalue weighted by molar-refractivity contribution is 6.02. The molecular formula is C23H24F4N4O2. The summed E-state index contributed by atoms with van der Waals surface area (Å²) in [6, 6.07) is 7.68. The maximum absolute atomic E-state index is 13.7. The second kappa shape index (κ2) is 9.80. The standard InChI is InChI=1S/C23H24F4N4O2/c24-15-2-4-20-17(12-15)18(22(32)30-20)14-29-16-3-5-21(19(13-16)23(25,26)27)28-6-1-7-31-8-10-33-11-9-31/h2-5,12-14,28,30,32H,1,6-11H2. The number of aromatic hydroxyl groups is 1. The molecule has 4 rings (SSSR count). The molecule has 10 heteroatoms. The van der Waals surface area contributed by atoms with E-state index in [2.05, 4.69) is 20.2 Å². The van der Waals surface area contributed by atoms with Gasteiger partial charge in [0.2, 0.25) is 0 Å². The van der Waals surface area contributed by atoms with Gasteiger partial charge in [-0.05, 0) is 49.4 Å². The van der Waals surface area contributed by atoms with Crippen LogP contribution in [0, 0.1) is 5.82 Å². The van der Waals surface area contributed by atoms with Crippen molar-refractivity contribution >= 4 is 28.5 Å². The molecule has 1 aliphatic rings. The topological polar surface area (TPSA) is 72.9 Å². The summed E-state index contributed by atoms with van der Waals surface area (Å²) in [4.78, 5) is 9.00. The van der Waals surface area contributed by atoms with Crippen molar-refractivity contribution in [2.45, 2.75) is 12.6 Å². The Hall–Kier alpha value is -3.11. The molecule has 1 aliphatic heterocycles. The fourth-order valence-electron chi connectivity index (χ4n) is 3.79. The van der Waals surface area contributed by atoms with Gasteiger partial charge >= 0.3 is 6.18 Å². The maximum Gasteiger partial charge on any atom is 0.418 e. The quantitative estimate of drug-likeness (QED) is 0.264. The Morgan fingerprint density at radius 1 is 1.15 bits per heavy atom. The second-order valence-electron chi connectivity index (χ2n) is 7.80. The lowest BCUT2D eigenvalue weighted by Gasteiger charge is -2.26. The van der Waals surface area contributed by atoms with Crippen molar-refractivity contribution in [3.05, 3.63) is 53.3 Å². The van der Waals surface area contributed by atoms with Gasteiger partial charge in [-0.25, -0.2) is 4.39 Å². The molecule has 1 saturated heterocycles. The van der Waals surface area contributed by atoms with Crippen LogP contribution in [0.4, 0.5) is 28.9 Å².